The number of phenolic OH excluding ortho intramolecular Hbond substituents is 1. The number of alkyl halides is 1. The molecule has 12 heteroatoms. The first-order chi connectivity index (χ1) is 17.1. The average Bonchev–Trinajstić information content (AvgIpc) is 3.09. The van der Waals surface area contributed by atoms with Crippen molar-refractivity contribution in [2.24, 2.45) is 0 Å². The Balaban J connectivity index is 1.42. The maximum atomic E-state index is 13.6. The molecule has 7 nitrogen and oxygen atoms in total. The molecule has 36 heavy (non-hydrogen) atoms. The molecule has 3 aliphatic heterocycles. The minimum atomic E-state index is -3.93. The van der Waals surface area contributed by atoms with Crippen LogP contribution in [0.2, 0.25) is 10.0 Å². The second-order valence-electron chi connectivity index (χ2n) is 9.48. The van der Waals surface area contributed by atoms with Gasteiger partial charge in [-0.3, -0.25) is 4.79 Å². The number of piperazine rings is 1. The molecular formula is C24H25Cl2F2N3O4S. The van der Waals surface area contributed by atoms with Crippen LogP contribution >= 0.6 is 23.2 Å². The van der Waals surface area contributed by atoms with Crippen molar-refractivity contribution in [3.05, 3.63) is 51.8 Å². The third-order valence-electron chi connectivity index (χ3n) is 7.25. The van der Waals surface area contributed by atoms with Gasteiger partial charge >= 0.3 is 0 Å². The minimum Gasteiger partial charge on any atom is -0.504 e. The molecule has 0 aliphatic carbocycles. The first kappa shape index (κ1) is 25.5. The van der Waals surface area contributed by atoms with Crippen molar-refractivity contribution in [3.8, 4) is 5.75 Å². The summed E-state index contributed by atoms with van der Waals surface area (Å²) in [5.74, 6) is -1.07. The number of fused-ring (bicyclic) bond motifs is 2. The summed E-state index contributed by atoms with van der Waals surface area (Å²) in [6.45, 7) is 0.798. The Morgan fingerprint density at radius 3 is 2.22 bits per heavy atom. The Bertz CT molecular complexity index is 1290. The predicted molar refractivity (Wildman–Crippen MR) is 133 cm³/mol. The Labute approximate surface area is 218 Å². The zero-order valence-corrected chi connectivity index (χ0v) is 21.5. The molecule has 2 aromatic carbocycles. The quantitative estimate of drug-likeness (QED) is 0.598. The second kappa shape index (κ2) is 9.63. The number of hydrogen-bond acceptors (Lipinski definition) is 5. The van der Waals surface area contributed by atoms with Crippen LogP contribution in [0.3, 0.4) is 0 Å². The lowest BCUT2D eigenvalue weighted by atomic mass is 10.1. The van der Waals surface area contributed by atoms with E-state index in [9.17, 15) is 27.1 Å². The van der Waals surface area contributed by atoms with Crippen LogP contribution in [-0.2, 0) is 10.0 Å². The highest BCUT2D eigenvalue weighted by atomic mass is 35.5. The van der Waals surface area contributed by atoms with Crippen LogP contribution < -0.4 is 4.90 Å². The van der Waals surface area contributed by atoms with Gasteiger partial charge in [-0.05, 0) is 56.0 Å². The fourth-order valence-corrected chi connectivity index (χ4v) is 7.46. The van der Waals surface area contributed by atoms with Gasteiger partial charge in [-0.15, -0.1) is 0 Å². The Hall–Kier alpha value is -2.14. The number of amides is 1. The van der Waals surface area contributed by atoms with Gasteiger partial charge in [-0.2, -0.15) is 4.31 Å². The number of rotatable bonds is 4. The average molecular weight is 560 g/mol. The minimum absolute atomic E-state index is 0.0360. The van der Waals surface area contributed by atoms with Crippen LogP contribution in [0, 0.1) is 5.82 Å². The highest BCUT2D eigenvalue weighted by Gasteiger charge is 2.43. The van der Waals surface area contributed by atoms with E-state index < -0.39 is 22.0 Å². The lowest BCUT2D eigenvalue weighted by Gasteiger charge is -2.43. The summed E-state index contributed by atoms with van der Waals surface area (Å²) >= 11 is 12.4. The molecule has 0 spiro atoms. The number of hydrogen-bond donors (Lipinski definition) is 1. The van der Waals surface area contributed by atoms with Crippen LogP contribution in [0.15, 0.2) is 35.2 Å². The molecule has 2 aromatic rings. The summed E-state index contributed by atoms with van der Waals surface area (Å²) in [5.41, 5.74) is 0.503. The number of halogens is 4. The van der Waals surface area contributed by atoms with Gasteiger partial charge in [0, 0.05) is 38.3 Å². The van der Waals surface area contributed by atoms with E-state index >= 15 is 0 Å². The largest absolute Gasteiger partial charge is 0.504 e. The molecule has 3 fully saturated rings. The molecule has 5 rings (SSSR count). The summed E-state index contributed by atoms with van der Waals surface area (Å²) in [4.78, 5) is 16.6. The molecule has 2 atom stereocenters. The van der Waals surface area contributed by atoms with E-state index in [-0.39, 0.29) is 70.2 Å². The second-order valence-corrected chi connectivity index (χ2v) is 12.2. The molecule has 3 saturated heterocycles. The maximum Gasteiger partial charge on any atom is 0.255 e. The molecule has 1 amide bonds. The molecule has 0 radical (unpaired) electrons. The summed E-state index contributed by atoms with van der Waals surface area (Å²) < 4.78 is 54.8. The molecule has 0 saturated carbocycles. The number of aromatic hydroxyl groups is 1. The molecule has 0 unspecified atom stereocenters. The Kier molecular flexibility index (Phi) is 6.82. The van der Waals surface area contributed by atoms with Crippen LogP contribution in [-0.4, -0.2) is 73.1 Å². The van der Waals surface area contributed by atoms with E-state index in [0.29, 0.717) is 18.8 Å². The number of carbonyl (C=O) groups excluding carboxylic acids is 1. The fraction of sp³-hybridized carbons (Fsp3) is 0.458. The smallest absolute Gasteiger partial charge is 0.255 e. The monoisotopic (exact) mass is 559 g/mol. The highest BCUT2D eigenvalue weighted by molar-refractivity contribution is 7.89. The molecule has 0 aromatic heterocycles. The van der Waals surface area contributed by atoms with Crippen molar-refractivity contribution in [2.45, 2.75) is 48.8 Å². The lowest BCUT2D eigenvalue weighted by Crippen LogP contribution is -2.55. The van der Waals surface area contributed by atoms with Crippen molar-refractivity contribution < 1.29 is 27.1 Å². The number of likely N-dealkylation sites (tertiary alicyclic amines) is 1. The van der Waals surface area contributed by atoms with Gasteiger partial charge in [0.15, 0.2) is 5.75 Å². The normalized spacial score (nSPS) is 23.3. The number of anilines is 1. The molecule has 3 aliphatic rings. The zero-order valence-electron chi connectivity index (χ0n) is 19.2. The fourth-order valence-electron chi connectivity index (χ4n) is 5.42. The first-order valence-corrected chi connectivity index (χ1v) is 13.9. The maximum absolute atomic E-state index is 13.6. The molecule has 194 valence electrons. The number of carbonyl (C=O) groups is 1. The molecular weight excluding hydrogens is 535 g/mol. The number of benzene rings is 2. The number of phenols is 1. The standard InChI is InChI=1S/C24H25Cl2F2N3O4S/c25-20-9-15(28)1-4-19(20)24(33)29-12-16-2-3-17(13-29)31(16)22-11-18(10-21(26)23(22)32)36(34,35)30-7-5-14(27)6-8-30/h1,4,9-11,14,16-17,32H,2-3,5-8,12-13H2/t16-,17+. The Morgan fingerprint density at radius 1 is 0.972 bits per heavy atom. The van der Waals surface area contributed by atoms with Gasteiger partial charge in [-0.1, -0.05) is 23.2 Å². The van der Waals surface area contributed by atoms with Crippen molar-refractivity contribution in [2.75, 3.05) is 31.1 Å². The lowest BCUT2D eigenvalue weighted by molar-refractivity contribution is 0.0718. The van der Waals surface area contributed by atoms with Crippen molar-refractivity contribution in [1.29, 1.82) is 0 Å². The van der Waals surface area contributed by atoms with Gasteiger partial charge in [0.25, 0.3) is 5.91 Å². The van der Waals surface area contributed by atoms with Gasteiger partial charge in [0.1, 0.15) is 12.0 Å². The number of nitrogens with zero attached hydrogens (tertiary/aromatic N) is 3. The van der Waals surface area contributed by atoms with Crippen LogP contribution in [0.4, 0.5) is 14.5 Å². The van der Waals surface area contributed by atoms with Crippen LogP contribution in [0.25, 0.3) is 0 Å². The predicted octanol–water partition coefficient (Wildman–Crippen LogP) is 4.45. The van der Waals surface area contributed by atoms with Gasteiger partial charge in [0.2, 0.25) is 10.0 Å². The summed E-state index contributed by atoms with van der Waals surface area (Å²) in [7, 11) is -3.93. The van der Waals surface area contributed by atoms with E-state index in [0.717, 1.165) is 18.9 Å². The van der Waals surface area contributed by atoms with E-state index in [2.05, 4.69) is 0 Å². The van der Waals surface area contributed by atoms with Crippen LogP contribution in [0.1, 0.15) is 36.0 Å². The van der Waals surface area contributed by atoms with Gasteiger partial charge < -0.3 is 14.9 Å². The van der Waals surface area contributed by atoms with E-state index in [1.54, 1.807) is 4.90 Å². The summed E-state index contributed by atoms with van der Waals surface area (Å²) in [6.07, 6.45) is 0.703. The first-order valence-electron chi connectivity index (χ1n) is 11.8. The van der Waals surface area contributed by atoms with Gasteiger partial charge in [-0.25, -0.2) is 17.2 Å². The number of piperidine rings is 1. The van der Waals surface area contributed by atoms with Gasteiger partial charge in [0.05, 0.1) is 26.2 Å². The number of sulfonamides is 1. The zero-order chi connectivity index (χ0) is 25.8. The van der Waals surface area contributed by atoms with Crippen molar-refractivity contribution >= 4 is 44.8 Å². The van der Waals surface area contributed by atoms with Crippen molar-refractivity contribution in [1.82, 2.24) is 9.21 Å². The van der Waals surface area contributed by atoms with Crippen LogP contribution in [0.5, 0.6) is 5.75 Å². The Morgan fingerprint density at radius 2 is 1.61 bits per heavy atom. The topological polar surface area (TPSA) is 81.2 Å². The third-order valence-corrected chi connectivity index (χ3v) is 9.72. The van der Waals surface area contributed by atoms with E-state index in [1.165, 1.54) is 28.6 Å². The summed E-state index contributed by atoms with van der Waals surface area (Å²) in [6, 6.07) is 5.91. The van der Waals surface area contributed by atoms with E-state index in [1.807, 2.05) is 4.90 Å². The summed E-state index contributed by atoms with van der Waals surface area (Å²) in [5, 5.41) is 10.7. The van der Waals surface area contributed by atoms with E-state index in [4.69, 9.17) is 23.2 Å². The van der Waals surface area contributed by atoms with Crippen molar-refractivity contribution in [3.63, 3.8) is 0 Å². The molecule has 1 N–H and O–H groups in total. The SMILES string of the molecule is O=C(c1ccc(F)cc1Cl)N1C[C@H]2CC[C@@H](C1)N2c1cc(S(=O)(=O)N2CCC(F)CC2)cc(Cl)c1O. The molecule has 2 bridgehead atoms. The molecule has 3 heterocycles. The highest BCUT2D eigenvalue weighted by Crippen LogP contribution is 2.44. The third kappa shape index (κ3) is 4.53.